The lowest BCUT2D eigenvalue weighted by Crippen LogP contribution is -2.41. The zero-order valence-corrected chi connectivity index (χ0v) is 12.0. The molecule has 0 fully saturated rings. The second kappa shape index (κ2) is 3.84. The van der Waals surface area contributed by atoms with Gasteiger partial charge in [-0.25, -0.2) is 0 Å². The average molecular weight is 248 g/mol. The van der Waals surface area contributed by atoms with Crippen LogP contribution >= 0.6 is 0 Å². The lowest BCUT2D eigenvalue weighted by molar-refractivity contribution is 0.0608. The fraction of sp³-hybridized carbons (Fsp3) is 0.562. The average Bonchev–Trinajstić information content (AvgIpc) is 2.44. The highest BCUT2D eigenvalue weighted by atomic mass is 16.2. The Balaban J connectivity index is 2.83. The first kappa shape index (κ1) is 9.60. The molecule has 0 bridgehead atoms. The van der Waals surface area contributed by atoms with Crippen molar-refractivity contribution in [2.24, 2.45) is 0 Å². The molecule has 2 nitrogen and oxygen atoms in total. The first-order chi connectivity index (χ1) is 9.29. The molecule has 0 saturated carbocycles. The Bertz CT molecular complexity index is 609. The summed E-state index contributed by atoms with van der Waals surface area (Å²) in [5.74, 6) is -0.318. The lowest BCUT2D eigenvalue weighted by atomic mass is 9.82. The van der Waals surface area contributed by atoms with Crippen molar-refractivity contribution in [3.05, 3.63) is 34.9 Å². The number of benzene rings is 1. The topological polar surface area (TPSA) is 20.3 Å². The van der Waals surface area contributed by atoms with E-state index in [0.717, 1.165) is 5.56 Å². The molecule has 18 heavy (non-hydrogen) atoms. The number of hydrogen-bond donors (Lipinski definition) is 0. The molecule has 1 aliphatic heterocycles. The van der Waals surface area contributed by atoms with Crippen LogP contribution in [0.3, 0.4) is 0 Å². The summed E-state index contributed by atoms with van der Waals surface area (Å²) in [4.78, 5) is 14.1. The number of rotatable bonds is 0. The summed E-state index contributed by atoms with van der Waals surface area (Å²) in [6.07, 6.45) is 0. The van der Waals surface area contributed by atoms with Gasteiger partial charge in [-0.2, -0.15) is 0 Å². The molecule has 1 aliphatic rings. The van der Waals surface area contributed by atoms with Gasteiger partial charge in [-0.15, -0.1) is 0 Å². The Morgan fingerprint density at radius 3 is 2.39 bits per heavy atom. The third kappa shape index (κ3) is 2.05. The molecule has 1 amide bonds. The van der Waals surface area contributed by atoms with Crippen LogP contribution in [0.4, 0.5) is 0 Å². The second-order valence-electron chi connectivity index (χ2n) is 6.81. The van der Waals surface area contributed by atoms with Crippen LogP contribution in [0.25, 0.3) is 0 Å². The van der Waals surface area contributed by atoms with E-state index in [9.17, 15) is 4.79 Å². The quantitative estimate of drug-likeness (QED) is 0.685. The number of carbonyl (C=O) groups is 1. The lowest BCUT2D eigenvalue weighted by Gasteiger charge is -2.32. The van der Waals surface area contributed by atoms with Crippen molar-refractivity contribution < 1.29 is 8.91 Å². The highest BCUT2D eigenvalue weighted by Crippen LogP contribution is 2.35. The molecule has 0 saturated heterocycles. The Morgan fingerprint density at radius 1 is 1.28 bits per heavy atom. The molecule has 1 heterocycles. The van der Waals surface area contributed by atoms with Gasteiger partial charge in [0.2, 0.25) is 0 Å². The molecule has 1 aromatic rings. The molecule has 0 aromatic heterocycles. The van der Waals surface area contributed by atoms with Gasteiger partial charge in [-0.05, 0) is 37.3 Å². The molecular formula is C16H23NO. The molecule has 0 N–H and O–H groups in total. The van der Waals surface area contributed by atoms with E-state index in [1.165, 1.54) is 4.90 Å². The molecule has 2 rings (SSSR count). The van der Waals surface area contributed by atoms with Crippen LogP contribution in [-0.4, -0.2) is 16.3 Å². The predicted octanol–water partition coefficient (Wildman–Crippen LogP) is 3.74. The Labute approximate surface area is 114 Å². The van der Waals surface area contributed by atoms with Gasteiger partial charge in [0.05, 0.1) is 4.11 Å². The summed E-state index contributed by atoms with van der Waals surface area (Å²) in [7, 11) is 0. The predicted molar refractivity (Wildman–Crippen MR) is 74.8 cm³/mol. The van der Waals surface area contributed by atoms with E-state index in [4.69, 9.17) is 4.11 Å². The molecule has 0 aliphatic carbocycles. The van der Waals surface area contributed by atoms with Crippen molar-refractivity contribution >= 4 is 5.91 Å². The van der Waals surface area contributed by atoms with E-state index in [1.807, 2.05) is 41.5 Å². The Kier molecular flexibility index (Phi) is 2.05. The maximum Gasteiger partial charge on any atom is 0.255 e. The molecule has 0 unspecified atom stereocenters. The third-order valence-corrected chi connectivity index (χ3v) is 3.12. The van der Waals surface area contributed by atoms with Crippen LogP contribution in [0.1, 0.15) is 67.1 Å². The minimum absolute atomic E-state index is 0.0862. The summed E-state index contributed by atoms with van der Waals surface area (Å²) in [6, 6.07) is 3.46. The number of amides is 1. The maximum atomic E-state index is 12.9. The van der Waals surface area contributed by atoms with Gasteiger partial charge in [0.1, 0.15) is 0 Å². The third-order valence-electron chi connectivity index (χ3n) is 3.12. The fourth-order valence-corrected chi connectivity index (χ4v) is 2.18. The zero-order chi connectivity index (χ0) is 16.4. The molecule has 98 valence electrons. The Morgan fingerprint density at radius 2 is 1.89 bits per heavy atom. The fourth-order valence-electron chi connectivity index (χ4n) is 2.18. The van der Waals surface area contributed by atoms with Crippen LogP contribution in [0.5, 0.6) is 0 Å². The monoisotopic (exact) mass is 248 g/mol. The first-order valence-electron chi connectivity index (χ1n) is 7.79. The first-order valence-corrected chi connectivity index (χ1v) is 6.29. The van der Waals surface area contributed by atoms with E-state index >= 15 is 0 Å². The summed E-state index contributed by atoms with van der Waals surface area (Å²) in [6.45, 7) is 9.47. The minimum atomic E-state index is -1.96. The van der Waals surface area contributed by atoms with Crippen LogP contribution in [0.15, 0.2) is 18.2 Å². The van der Waals surface area contributed by atoms with Gasteiger partial charge >= 0.3 is 0 Å². The SMILES string of the molecule is [2H]c1ccc(C(C)(C)C)c2c1C([2H])([2H])N(C(C)(C)C)C2=O. The molecule has 0 atom stereocenters. The van der Waals surface area contributed by atoms with E-state index in [1.54, 1.807) is 12.1 Å². The van der Waals surface area contributed by atoms with Gasteiger partial charge < -0.3 is 4.90 Å². The van der Waals surface area contributed by atoms with Crippen LogP contribution in [0.2, 0.25) is 0 Å². The van der Waals surface area contributed by atoms with Crippen molar-refractivity contribution in [2.75, 3.05) is 0 Å². The standard InChI is InChI=1S/C16H23NO/c1-15(2,3)12-9-7-8-11-10-17(16(4,5)6)14(18)13(11)12/h7-9H,10H2,1-6H3/i8D,10D2. The number of fused-ring (bicyclic) bond motifs is 1. The summed E-state index contributed by atoms with van der Waals surface area (Å²) in [5.41, 5.74) is 0.442. The number of hydrogen-bond acceptors (Lipinski definition) is 1. The molecular weight excluding hydrogens is 222 g/mol. The van der Waals surface area contributed by atoms with Crippen molar-refractivity contribution in [1.82, 2.24) is 4.90 Å². The number of carbonyl (C=O) groups excluding carboxylic acids is 1. The zero-order valence-electron chi connectivity index (χ0n) is 15.0. The summed E-state index contributed by atoms with van der Waals surface area (Å²) in [5, 5.41) is 0. The van der Waals surface area contributed by atoms with Gasteiger partial charge in [0.15, 0.2) is 0 Å². The second-order valence-corrected chi connectivity index (χ2v) is 6.81. The van der Waals surface area contributed by atoms with Crippen molar-refractivity contribution in [3.63, 3.8) is 0 Å². The largest absolute Gasteiger partial charge is 0.329 e. The van der Waals surface area contributed by atoms with Gasteiger partial charge in [-0.1, -0.05) is 38.9 Å². The van der Waals surface area contributed by atoms with Crippen molar-refractivity contribution in [1.29, 1.82) is 0 Å². The highest BCUT2D eigenvalue weighted by molar-refractivity contribution is 6.00. The number of nitrogens with zero attached hydrogens (tertiary/aromatic N) is 1. The van der Waals surface area contributed by atoms with E-state index < -0.39 is 12.0 Å². The normalized spacial score (nSPS) is 21.3. The molecule has 2 heteroatoms. The molecule has 0 radical (unpaired) electrons. The van der Waals surface area contributed by atoms with E-state index in [0.29, 0.717) is 5.56 Å². The van der Waals surface area contributed by atoms with E-state index in [2.05, 4.69) is 0 Å². The van der Waals surface area contributed by atoms with Crippen LogP contribution < -0.4 is 0 Å². The minimum Gasteiger partial charge on any atom is -0.329 e. The van der Waals surface area contributed by atoms with Crippen molar-refractivity contribution in [2.45, 2.75) is 59.0 Å². The summed E-state index contributed by atoms with van der Waals surface area (Å²) >= 11 is 0. The Hall–Kier alpha value is -1.31. The summed E-state index contributed by atoms with van der Waals surface area (Å²) < 4.78 is 24.9. The maximum absolute atomic E-state index is 12.9. The van der Waals surface area contributed by atoms with Crippen LogP contribution in [-0.2, 0) is 11.9 Å². The molecule has 0 spiro atoms. The van der Waals surface area contributed by atoms with Gasteiger partial charge in [-0.3, -0.25) is 4.79 Å². The smallest absolute Gasteiger partial charge is 0.255 e. The van der Waals surface area contributed by atoms with Gasteiger partial charge in [0.25, 0.3) is 5.91 Å². The van der Waals surface area contributed by atoms with Gasteiger partial charge in [0, 0.05) is 17.6 Å². The molecule has 1 aromatic carbocycles. The van der Waals surface area contributed by atoms with E-state index in [-0.39, 0.29) is 22.9 Å². The van der Waals surface area contributed by atoms with Crippen LogP contribution in [0, 0.1) is 0 Å². The highest BCUT2D eigenvalue weighted by Gasteiger charge is 2.37. The van der Waals surface area contributed by atoms with Crippen molar-refractivity contribution in [3.8, 4) is 0 Å².